The standard InChI is InChI=1S/C20H24N6O2/c1-25(13-17-11-18(28-24-17)16-7-8-16)20(27)21-12-19-23-22-14-26(19)10-9-15-5-3-2-4-6-15/h2-6,11,14,16H,7-10,12-13H2,1H3,(H,21,27). The summed E-state index contributed by atoms with van der Waals surface area (Å²) >= 11 is 0. The number of benzene rings is 1. The number of hydrogen-bond donors (Lipinski definition) is 1. The van der Waals surface area contributed by atoms with Gasteiger partial charge in [-0.1, -0.05) is 35.5 Å². The summed E-state index contributed by atoms with van der Waals surface area (Å²) in [5.41, 5.74) is 2.02. The Morgan fingerprint density at radius 3 is 2.93 bits per heavy atom. The fourth-order valence-electron chi connectivity index (χ4n) is 3.06. The van der Waals surface area contributed by atoms with Crippen LogP contribution in [0.5, 0.6) is 0 Å². The van der Waals surface area contributed by atoms with Crippen molar-refractivity contribution in [2.45, 2.75) is 44.8 Å². The van der Waals surface area contributed by atoms with Crippen LogP contribution in [0, 0.1) is 0 Å². The molecule has 0 aliphatic heterocycles. The zero-order valence-corrected chi connectivity index (χ0v) is 15.9. The number of rotatable bonds is 8. The van der Waals surface area contributed by atoms with Gasteiger partial charge in [-0.25, -0.2) is 4.79 Å². The first-order valence-electron chi connectivity index (χ1n) is 9.54. The summed E-state index contributed by atoms with van der Waals surface area (Å²) in [7, 11) is 1.74. The number of carbonyl (C=O) groups is 1. The molecule has 1 aromatic carbocycles. The van der Waals surface area contributed by atoms with Gasteiger partial charge in [-0.05, 0) is 24.8 Å². The molecule has 0 spiro atoms. The van der Waals surface area contributed by atoms with E-state index in [-0.39, 0.29) is 6.03 Å². The van der Waals surface area contributed by atoms with Crippen molar-refractivity contribution in [3.8, 4) is 0 Å². The van der Waals surface area contributed by atoms with E-state index >= 15 is 0 Å². The zero-order chi connectivity index (χ0) is 19.3. The summed E-state index contributed by atoms with van der Waals surface area (Å²) in [5, 5.41) is 15.0. The maximum atomic E-state index is 12.4. The SMILES string of the molecule is CN(Cc1cc(C2CC2)on1)C(=O)NCc1nncn1CCc1ccccc1. The first kappa shape index (κ1) is 18.2. The van der Waals surface area contributed by atoms with Crippen molar-refractivity contribution >= 4 is 6.03 Å². The molecule has 0 radical (unpaired) electrons. The normalized spacial score (nSPS) is 13.5. The third kappa shape index (κ3) is 4.57. The van der Waals surface area contributed by atoms with E-state index in [1.54, 1.807) is 18.3 Å². The molecule has 8 heteroatoms. The van der Waals surface area contributed by atoms with E-state index < -0.39 is 0 Å². The van der Waals surface area contributed by atoms with Gasteiger partial charge in [-0.15, -0.1) is 10.2 Å². The molecule has 1 aliphatic rings. The highest BCUT2D eigenvalue weighted by Gasteiger charge is 2.28. The number of nitrogens with zero attached hydrogens (tertiary/aromatic N) is 5. The second kappa shape index (κ2) is 8.24. The highest BCUT2D eigenvalue weighted by molar-refractivity contribution is 5.73. The maximum Gasteiger partial charge on any atom is 0.317 e. The van der Waals surface area contributed by atoms with E-state index in [1.807, 2.05) is 28.8 Å². The number of urea groups is 1. The quantitative estimate of drug-likeness (QED) is 0.649. The van der Waals surface area contributed by atoms with Gasteiger partial charge in [0.15, 0.2) is 5.82 Å². The summed E-state index contributed by atoms with van der Waals surface area (Å²) in [6.45, 7) is 1.49. The summed E-state index contributed by atoms with van der Waals surface area (Å²) in [5.74, 6) is 2.17. The Balaban J connectivity index is 1.26. The number of amides is 2. The Morgan fingerprint density at radius 1 is 1.32 bits per heavy atom. The van der Waals surface area contributed by atoms with Crippen LogP contribution in [-0.4, -0.2) is 37.9 Å². The van der Waals surface area contributed by atoms with Crippen molar-refractivity contribution in [1.29, 1.82) is 0 Å². The highest BCUT2D eigenvalue weighted by Crippen LogP contribution is 2.40. The lowest BCUT2D eigenvalue weighted by atomic mass is 10.1. The van der Waals surface area contributed by atoms with E-state index in [1.165, 1.54) is 5.56 Å². The number of carbonyl (C=O) groups excluding carboxylic acids is 1. The second-order valence-corrected chi connectivity index (χ2v) is 7.19. The minimum absolute atomic E-state index is 0.186. The van der Waals surface area contributed by atoms with E-state index in [2.05, 4.69) is 32.8 Å². The molecule has 0 unspecified atom stereocenters. The fraction of sp³-hybridized carbons (Fsp3) is 0.400. The van der Waals surface area contributed by atoms with Crippen molar-refractivity contribution in [3.63, 3.8) is 0 Å². The molecule has 2 amide bonds. The third-order valence-corrected chi connectivity index (χ3v) is 4.88. The van der Waals surface area contributed by atoms with Crippen molar-refractivity contribution in [3.05, 3.63) is 65.6 Å². The molecule has 2 heterocycles. The van der Waals surface area contributed by atoms with Crippen LogP contribution in [0.4, 0.5) is 4.79 Å². The van der Waals surface area contributed by atoms with Crippen LogP contribution >= 0.6 is 0 Å². The van der Waals surface area contributed by atoms with Crippen LogP contribution < -0.4 is 5.32 Å². The molecule has 4 rings (SSSR count). The van der Waals surface area contributed by atoms with Crippen LogP contribution in [0.15, 0.2) is 47.2 Å². The topological polar surface area (TPSA) is 89.1 Å². The molecule has 1 aliphatic carbocycles. The van der Waals surface area contributed by atoms with Gasteiger partial charge in [-0.2, -0.15) is 0 Å². The van der Waals surface area contributed by atoms with Gasteiger partial charge < -0.3 is 19.3 Å². The Bertz CT molecular complexity index is 916. The lowest BCUT2D eigenvalue weighted by molar-refractivity contribution is 0.204. The van der Waals surface area contributed by atoms with Gasteiger partial charge in [0.25, 0.3) is 0 Å². The van der Waals surface area contributed by atoms with Crippen molar-refractivity contribution in [2.24, 2.45) is 0 Å². The summed E-state index contributed by atoms with van der Waals surface area (Å²) < 4.78 is 7.30. The van der Waals surface area contributed by atoms with Crippen LogP contribution in [0.25, 0.3) is 0 Å². The first-order valence-corrected chi connectivity index (χ1v) is 9.54. The summed E-state index contributed by atoms with van der Waals surface area (Å²) in [6.07, 6.45) is 4.91. The lowest BCUT2D eigenvalue weighted by Crippen LogP contribution is -2.37. The van der Waals surface area contributed by atoms with Gasteiger partial charge >= 0.3 is 6.03 Å². The molecule has 1 fully saturated rings. The highest BCUT2D eigenvalue weighted by atomic mass is 16.5. The molecule has 2 aromatic heterocycles. The molecule has 0 saturated heterocycles. The Hall–Kier alpha value is -3.16. The summed E-state index contributed by atoms with van der Waals surface area (Å²) in [6, 6.07) is 12.0. The zero-order valence-electron chi connectivity index (χ0n) is 15.9. The van der Waals surface area contributed by atoms with E-state index in [4.69, 9.17) is 4.52 Å². The van der Waals surface area contributed by atoms with E-state index in [9.17, 15) is 4.79 Å². The molecule has 146 valence electrons. The van der Waals surface area contributed by atoms with Crippen LogP contribution in [0.2, 0.25) is 0 Å². The number of aryl methyl sites for hydroxylation is 2. The van der Waals surface area contributed by atoms with Gasteiger partial charge in [-0.3, -0.25) is 0 Å². The van der Waals surface area contributed by atoms with Gasteiger partial charge in [0.1, 0.15) is 17.8 Å². The first-order chi connectivity index (χ1) is 13.7. The molecule has 0 bridgehead atoms. The monoisotopic (exact) mass is 380 g/mol. The molecular weight excluding hydrogens is 356 g/mol. The predicted octanol–water partition coefficient (Wildman–Crippen LogP) is 2.73. The van der Waals surface area contributed by atoms with Crippen molar-refractivity contribution in [2.75, 3.05) is 7.05 Å². The van der Waals surface area contributed by atoms with Gasteiger partial charge in [0.05, 0.1) is 13.1 Å². The Morgan fingerprint density at radius 2 is 2.14 bits per heavy atom. The molecule has 1 N–H and O–H groups in total. The minimum atomic E-state index is -0.186. The molecule has 1 saturated carbocycles. The van der Waals surface area contributed by atoms with Gasteiger partial charge in [0.2, 0.25) is 0 Å². The number of nitrogens with one attached hydrogen (secondary N) is 1. The number of aromatic nitrogens is 4. The molecule has 0 atom stereocenters. The Kier molecular flexibility index (Phi) is 5.36. The largest absolute Gasteiger partial charge is 0.361 e. The smallest absolute Gasteiger partial charge is 0.317 e. The fourth-order valence-corrected chi connectivity index (χ4v) is 3.06. The second-order valence-electron chi connectivity index (χ2n) is 7.19. The lowest BCUT2D eigenvalue weighted by Gasteiger charge is -2.16. The van der Waals surface area contributed by atoms with E-state index in [0.29, 0.717) is 19.0 Å². The maximum absolute atomic E-state index is 12.4. The average Bonchev–Trinajstić information content (AvgIpc) is 3.29. The van der Waals surface area contributed by atoms with Crippen LogP contribution in [0.3, 0.4) is 0 Å². The average molecular weight is 380 g/mol. The molecule has 8 nitrogen and oxygen atoms in total. The summed E-state index contributed by atoms with van der Waals surface area (Å²) in [4.78, 5) is 14.0. The van der Waals surface area contributed by atoms with Crippen LogP contribution in [0.1, 0.15) is 41.6 Å². The molecular formula is C20H24N6O2. The molecule has 3 aromatic rings. The van der Waals surface area contributed by atoms with Crippen molar-refractivity contribution < 1.29 is 9.32 Å². The minimum Gasteiger partial charge on any atom is -0.361 e. The number of hydrogen-bond acceptors (Lipinski definition) is 5. The Labute approximate surface area is 163 Å². The third-order valence-electron chi connectivity index (χ3n) is 4.88. The van der Waals surface area contributed by atoms with Crippen molar-refractivity contribution in [1.82, 2.24) is 30.1 Å². The van der Waals surface area contributed by atoms with E-state index in [0.717, 1.165) is 43.1 Å². The predicted molar refractivity (Wildman–Crippen MR) is 102 cm³/mol. The van der Waals surface area contributed by atoms with Crippen LogP contribution in [-0.2, 0) is 26.1 Å². The molecule has 28 heavy (non-hydrogen) atoms. The van der Waals surface area contributed by atoms with Gasteiger partial charge in [0, 0.05) is 25.6 Å².